The van der Waals surface area contributed by atoms with Crippen molar-refractivity contribution in [2.75, 3.05) is 20.0 Å². The Morgan fingerprint density at radius 3 is 2.48 bits per heavy atom. The first-order chi connectivity index (χ1) is 12.6. The van der Waals surface area contributed by atoms with Crippen molar-refractivity contribution in [3.63, 3.8) is 0 Å². The summed E-state index contributed by atoms with van der Waals surface area (Å²) in [5, 5.41) is 3.05. The van der Waals surface area contributed by atoms with Gasteiger partial charge >= 0.3 is 6.03 Å². The van der Waals surface area contributed by atoms with Gasteiger partial charge in [-0.2, -0.15) is 0 Å². The van der Waals surface area contributed by atoms with E-state index in [0.29, 0.717) is 25.6 Å². The third-order valence-corrected chi connectivity index (χ3v) is 6.36. The minimum atomic E-state index is -0.723. The maximum Gasteiger partial charge on any atom is 0.326 e. The fourth-order valence-electron chi connectivity index (χ4n) is 4.97. The van der Waals surface area contributed by atoms with Crippen molar-refractivity contribution < 1.29 is 9.59 Å². The van der Waals surface area contributed by atoms with Gasteiger partial charge in [0.15, 0.2) is 0 Å². The van der Waals surface area contributed by atoms with E-state index in [9.17, 15) is 9.59 Å². The third kappa shape index (κ3) is 4.32. The van der Waals surface area contributed by atoms with Gasteiger partial charge in [-0.25, -0.2) is 9.69 Å². The molecule has 2 unspecified atom stereocenters. The number of urea groups is 1. The number of hydrogen-bond donors (Lipinski definition) is 1. The van der Waals surface area contributed by atoms with Gasteiger partial charge in [-0.05, 0) is 61.6 Å². The van der Waals surface area contributed by atoms with Gasteiger partial charge in [-0.15, -0.1) is 11.8 Å². The second-order valence-corrected chi connectivity index (χ2v) is 9.98. The van der Waals surface area contributed by atoms with Gasteiger partial charge in [0.2, 0.25) is 0 Å². The number of amides is 3. The van der Waals surface area contributed by atoms with Crippen LogP contribution < -0.4 is 5.32 Å². The van der Waals surface area contributed by atoms with Crippen LogP contribution in [0.4, 0.5) is 4.79 Å². The zero-order valence-electron chi connectivity index (χ0n) is 17.0. The Kier molecular flexibility index (Phi) is 5.59. The molecule has 1 heterocycles. The lowest BCUT2D eigenvalue weighted by atomic mass is 9.64. The zero-order chi connectivity index (χ0) is 19.8. The predicted octanol–water partition coefficient (Wildman–Crippen LogP) is 3.93. The second kappa shape index (κ2) is 7.47. The van der Waals surface area contributed by atoms with Gasteiger partial charge in [0.1, 0.15) is 5.54 Å². The van der Waals surface area contributed by atoms with Crippen molar-refractivity contribution in [3.8, 4) is 0 Å². The van der Waals surface area contributed by atoms with Gasteiger partial charge in [0.25, 0.3) is 5.91 Å². The summed E-state index contributed by atoms with van der Waals surface area (Å²) >= 11 is 1.72. The molecular formula is C21H31N3O2S. The molecule has 0 bridgehead atoms. The molecule has 3 rings (SSSR count). The van der Waals surface area contributed by atoms with Crippen LogP contribution in [-0.4, -0.2) is 47.2 Å². The molecule has 1 aromatic rings. The molecule has 0 aromatic heterocycles. The van der Waals surface area contributed by atoms with Crippen molar-refractivity contribution in [1.82, 2.24) is 15.1 Å². The van der Waals surface area contributed by atoms with Gasteiger partial charge in [0, 0.05) is 11.4 Å². The Bertz CT molecular complexity index is 719. The van der Waals surface area contributed by atoms with E-state index in [1.165, 1.54) is 15.4 Å². The quantitative estimate of drug-likeness (QED) is 0.612. The summed E-state index contributed by atoms with van der Waals surface area (Å²) in [5.41, 5.74) is 0.505. The Hall–Kier alpha value is -1.53. The highest BCUT2D eigenvalue weighted by molar-refractivity contribution is 7.98. The Morgan fingerprint density at radius 1 is 1.22 bits per heavy atom. The fourth-order valence-corrected chi connectivity index (χ4v) is 5.38. The van der Waals surface area contributed by atoms with Crippen LogP contribution in [0.2, 0.25) is 0 Å². The van der Waals surface area contributed by atoms with Crippen molar-refractivity contribution in [3.05, 3.63) is 29.8 Å². The fraction of sp³-hybridized carbons (Fsp3) is 0.619. The molecule has 0 radical (unpaired) electrons. The molecule has 1 spiro atoms. The number of benzene rings is 1. The monoisotopic (exact) mass is 389 g/mol. The first-order valence-electron chi connectivity index (χ1n) is 9.60. The molecule has 1 aliphatic heterocycles. The molecule has 6 heteroatoms. The number of nitrogens with zero attached hydrogens (tertiary/aromatic N) is 2. The molecule has 148 valence electrons. The molecule has 1 saturated carbocycles. The third-order valence-electron chi connectivity index (χ3n) is 5.62. The number of thioether (sulfide) groups is 1. The minimum absolute atomic E-state index is 0.0571. The number of imide groups is 1. The second-order valence-electron chi connectivity index (χ2n) is 9.10. The molecule has 1 aromatic carbocycles. The molecule has 1 saturated heterocycles. The molecule has 2 aliphatic rings. The molecule has 2 atom stereocenters. The van der Waals surface area contributed by atoms with Crippen LogP contribution in [0.5, 0.6) is 0 Å². The zero-order valence-corrected chi connectivity index (χ0v) is 17.9. The summed E-state index contributed by atoms with van der Waals surface area (Å²) < 4.78 is 0. The van der Waals surface area contributed by atoms with Gasteiger partial charge in [-0.3, -0.25) is 9.69 Å². The lowest BCUT2D eigenvalue weighted by molar-refractivity contribution is -0.136. The van der Waals surface area contributed by atoms with E-state index in [0.717, 1.165) is 12.8 Å². The lowest BCUT2D eigenvalue weighted by Crippen LogP contribution is -2.54. The highest BCUT2D eigenvalue weighted by Gasteiger charge is 2.56. The van der Waals surface area contributed by atoms with Crippen molar-refractivity contribution in [2.24, 2.45) is 11.3 Å². The van der Waals surface area contributed by atoms with Crippen LogP contribution in [0.3, 0.4) is 0 Å². The van der Waals surface area contributed by atoms with E-state index in [2.05, 4.69) is 56.6 Å². The number of nitrogens with one attached hydrogen (secondary N) is 1. The highest BCUT2D eigenvalue weighted by Crippen LogP contribution is 2.46. The summed E-state index contributed by atoms with van der Waals surface area (Å²) in [6.07, 6.45) is 4.59. The van der Waals surface area contributed by atoms with Crippen LogP contribution >= 0.6 is 11.8 Å². The average molecular weight is 390 g/mol. The maximum atomic E-state index is 13.2. The van der Waals surface area contributed by atoms with Crippen molar-refractivity contribution in [2.45, 2.75) is 57.0 Å². The predicted molar refractivity (Wildman–Crippen MR) is 109 cm³/mol. The number of carbonyl (C=O) groups is 2. The molecular weight excluding hydrogens is 358 g/mol. The van der Waals surface area contributed by atoms with E-state index in [-0.39, 0.29) is 17.4 Å². The van der Waals surface area contributed by atoms with Crippen LogP contribution in [0.15, 0.2) is 29.2 Å². The van der Waals surface area contributed by atoms with Crippen LogP contribution in [0.25, 0.3) is 0 Å². The van der Waals surface area contributed by atoms with Gasteiger partial charge in [0.05, 0.1) is 6.67 Å². The molecule has 27 heavy (non-hydrogen) atoms. The van der Waals surface area contributed by atoms with Crippen LogP contribution in [-0.2, 0) is 11.3 Å². The summed E-state index contributed by atoms with van der Waals surface area (Å²) in [7, 11) is 1.95. The Balaban J connectivity index is 1.68. The number of hydrogen-bond acceptors (Lipinski definition) is 4. The summed E-state index contributed by atoms with van der Waals surface area (Å²) in [4.78, 5) is 30.5. The number of carbonyl (C=O) groups excluding carboxylic acids is 2. The van der Waals surface area contributed by atoms with E-state index in [1.54, 1.807) is 11.8 Å². The molecule has 1 N–H and O–H groups in total. The smallest absolute Gasteiger partial charge is 0.323 e. The summed E-state index contributed by atoms with van der Waals surface area (Å²) in [6.45, 7) is 7.56. The van der Waals surface area contributed by atoms with E-state index in [1.807, 2.05) is 11.9 Å². The molecule has 3 amide bonds. The Morgan fingerprint density at radius 2 is 1.89 bits per heavy atom. The number of rotatable bonds is 5. The van der Waals surface area contributed by atoms with Crippen LogP contribution in [0.1, 0.15) is 45.6 Å². The Labute approximate surface area is 166 Å². The van der Waals surface area contributed by atoms with Gasteiger partial charge < -0.3 is 5.32 Å². The maximum absolute atomic E-state index is 13.2. The summed E-state index contributed by atoms with van der Waals surface area (Å²) in [5.74, 6) is 0.363. The highest BCUT2D eigenvalue weighted by atomic mass is 32.2. The van der Waals surface area contributed by atoms with Crippen LogP contribution in [0, 0.1) is 11.3 Å². The first kappa shape index (κ1) is 20.2. The summed E-state index contributed by atoms with van der Waals surface area (Å²) in [6, 6.07) is 8.14. The van der Waals surface area contributed by atoms with E-state index >= 15 is 0 Å². The lowest BCUT2D eigenvalue weighted by Gasteiger charge is -2.43. The molecule has 1 aliphatic carbocycles. The van der Waals surface area contributed by atoms with E-state index < -0.39 is 5.54 Å². The topological polar surface area (TPSA) is 52.6 Å². The normalized spacial score (nSPS) is 27.5. The largest absolute Gasteiger partial charge is 0.326 e. The van der Waals surface area contributed by atoms with Gasteiger partial charge in [-0.1, -0.05) is 32.9 Å². The van der Waals surface area contributed by atoms with Crippen molar-refractivity contribution in [1.29, 1.82) is 0 Å². The average Bonchev–Trinajstić information content (AvgIpc) is 2.77. The van der Waals surface area contributed by atoms with Crippen molar-refractivity contribution >= 4 is 23.7 Å². The molecule has 5 nitrogen and oxygen atoms in total. The minimum Gasteiger partial charge on any atom is -0.323 e. The molecule has 2 fully saturated rings. The van der Waals surface area contributed by atoms with E-state index in [4.69, 9.17) is 0 Å². The standard InChI is InChI=1S/C21H31N3O2S/c1-15-10-20(2,3)13-21(11-15)18(25)24(19(26)22-21)14-23(4)12-16-6-8-17(27-5)9-7-16/h6-9,15H,10-14H2,1-5H3,(H,22,26). The first-order valence-corrected chi connectivity index (χ1v) is 10.8. The SMILES string of the molecule is CSc1ccc(CN(C)CN2C(=O)NC3(CC(C)CC(C)(C)C3)C2=O)cc1.